The molecule has 0 saturated heterocycles. The number of fused-ring (bicyclic) bond motifs is 1. The zero-order valence-electron chi connectivity index (χ0n) is 13.3. The number of anilines is 1. The number of nitrogens with one attached hydrogen (secondary N) is 1. The largest absolute Gasteiger partial charge is 0.507 e. The number of phenols is 1. The van der Waals surface area contributed by atoms with Gasteiger partial charge in [-0.3, -0.25) is 9.78 Å². The van der Waals surface area contributed by atoms with Crippen LogP contribution >= 0.6 is 31.9 Å². The van der Waals surface area contributed by atoms with Crippen molar-refractivity contribution in [3.8, 4) is 16.9 Å². The van der Waals surface area contributed by atoms with E-state index in [9.17, 15) is 9.90 Å². The van der Waals surface area contributed by atoms with E-state index in [4.69, 9.17) is 0 Å². The molecule has 2 N–H and O–H groups in total. The molecule has 0 bridgehead atoms. The summed E-state index contributed by atoms with van der Waals surface area (Å²) in [6.07, 6.45) is 5.33. The number of carbonyl (C=O) groups is 1. The molecule has 0 aliphatic carbocycles. The van der Waals surface area contributed by atoms with Gasteiger partial charge >= 0.3 is 0 Å². The van der Waals surface area contributed by atoms with Crippen molar-refractivity contribution in [2.75, 3.05) is 5.32 Å². The van der Waals surface area contributed by atoms with Gasteiger partial charge in [-0.25, -0.2) is 0 Å². The molecule has 1 aliphatic heterocycles. The molecule has 6 heteroatoms. The predicted molar refractivity (Wildman–Crippen MR) is 110 cm³/mol. The van der Waals surface area contributed by atoms with Gasteiger partial charge in [0, 0.05) is 39.3 Å². The van der Waals surface area contributed by atoms with Gasteiger partial charge in [-0.2, -0.15) is 0 Å². The fourth-order valence-corrected chi connectivity index (χ4v) is 3.68. The maximum absolute atomic E-state index is 12.5. The van der Waals surface area contributed by atoms with Crippen molar-refractivity contribution in [3.63, 3.8) is 0 Å². The minimum absolute atomic E-state index is 0.133. The lowest BCUT2D eigenvalue weighted by Gasteiger charge is -2.06. The summed E-state index contributed by atoms with van der Waals surface area (Å²) in [6, 6.07) is 13.1. The van der Waals surface area contributed by atoms with Crippen LogP contribution in [0.3, 0.4) is 0 Å². The van der Waals surface area contributed by atoms with Gasteiger partial charge in [0.2, 0.25) is 0 Å². The van der Waals surface area contributed by atoms with Gasteiger partial charge in [-0.15, -0.1) is 0 Å². The van der Waals surface area contributed by atoms with Crippen LogP contribution in [0.2, 0.25) is 0 Å². The minimum atomic E-state index is -0.153. The lowest BCUT2D eigenvalue weighted by molar-refractivity contribution is -0.110. The summed E-state index contributed by atoms with van der Waals surface area (Å²) in [5.41, 5.74) is 4.96. The molecule has 0 fully saturated rings. The summed E-state index contributed by atoms with van der Waals surface area (Å²) in [7, 11) is 0. The number of nitrogens with zero attached hydrogens (tertiary/aromatic N) is 1. The Balaban J connectivity index is 1.83. The molecule has 4 nitrogen and oxygen atoms in total. The summed E-state index contributed by atoms with van der Waals surface area (Å²) in [5, 5.41) is 12.7. The lowest BCUT2D eigenvalue weighted by atomic mass is 9.99. The molecular weight excluding hydrogens is 460 g/mol. The number of hydrogen-bond donors (Lipinski definition) is 2. The third-order valence-electron chi connectivity index (χ3n) is 4.19. The normalized spacial score (nSPS) is 14.4. The van der Waals surface area contributed by atoms with E-state index in [1.54, 1.807) is 24.5 Å². The van der Waals surface area contributed by atoms with Gasteiger partial charge in [-0.05, 0) is 73.3 Å². The third kappa shape index (κ3) is 2.95. The van der Waals surface area contributed by atoms with Gasteiger partial charge in [0.05, 0.1) is 4.47 Å². The summed E-state index contributed by atoms with van der Waals surface area (Å²) in [6.45, 7) is 0. The minimum Gasteiger partial charge on any atom is -0.507 e. The highest BCUT2D eigenvalue weighted by Crippen LogP contribution is 2.39. The van der Waals surface area contributed by atoms with Crippen LogP contribution in [0.25, 0.3) is 22.8 Å². The quantitative estimate of drug-likeness (QED) is 0.487. The van der Waals surface area contributed by atoms with Crippen LogP contribution in [0.15, 0.2) is 63.8 Å². The van der Waals surface area contributed by atoms with Crippen molar-refractivity contribution in [3.05, 3.63) is 74.9 Å². The second-order valence-corrected chi connectivity index (χ2v) is 7.40. The average molecular weight is 472 g/mol. The number of pyridine rings is 1. The molecule has 2 heterocycles. The summed E-state index contributed by atoms with van der Waals surface area (Å²) in [5.74, 6) is -0.0198. The molecule has 26 heavy (non-hydrogen) atoms. The van der Waals surface area contributed by atoms with Gasteiger partial charge < -0.3 is 10.4 Å². The van der Waals surface area contributed by atoms with Crippen molar-refractivity contribution >= 4 is 55.1 Å². The molecule has 1 aromatic heterocycles. The number of carbonyl (C=O) groups excluding carboxylic acids is 1. The van der Waals surface area contributed by atoms with Crippen LogP contribution < -0.4 is 5.32 Å². The number of aromatic nitrogens is 1. The van der Waals surface area contributed by atoms with Gasteiger partial charge in [0.15, 0.2) is 0 Å². The third-order valence-corrected chi connectivity index (χ3v) is 6.38. The Morgan fingerprint density at radius 2 is 1.88 bits per heavy atom. The van der Waals surface area contributed by atoms with Crippen LogP contribution in [0.4, 0.5) is 5.69 Å². The molecule has 0 spiro atoms. The highest BCUT2D eigenvalue weighted by molar-refractivity contribution is 9.13. The molecule has 0 atom stereocenters. The topological polar surface area (TPSA) is 62.2 Å². The van der Waals surface area contributed by atoms with E-state index in [1.807, 2.05) is 36.4 Å². The first-order valence-electron chi connectivity index (χ1n) is 7.79. The van der Waals surface area contributed by atoms with Crippen molar-refractivity contribution in [2.45, 2.75) is 0 Å². The van der Waals surface area contributed by atoms with Crippen molar-refractivity contribution in [1.82, 2.24) is 4.98 Å². The number of benzene rings is 2. The molecular formula is C20H12Br2N2O2. The predicted octanol–water partition coefficient (Wildman–Crippen LogP) is 5.47. The monoisotopic (exact) mass is 470 g/mol. The molecule has 0 unspecified atom stereocenters. The Kier molecular flexibility index (Phi) is 4.38. The SMILES string of the molecule is O=C1Nc2ccc(-c3cccnc3)cc2/C1=C/c1ccc(O)c(Br)c1Br. The molecule has 2 aromatic carbocycles. The Morgan fingerprint density at radius 3 is 2.65 bits per heavy atom. The Morgan fingerprint density at radius 1 is 1.04 bits per heavy atom. The Labute approximate surface area is 166 Å². The Bertz CT molecular complexity index is 1060. The van der Waals surface area contributed by atoms with E-state index in [2.05, 4.69) is 42.2 Å². The first-order chi connectivity index (χ1) is 12.5. The molecule has 0 radical (unpaired) electrons. The average Bonchev–Trinajstić information content (AvgIpc) is 2.97. The smallest absolute Gasteiger partial charge is 0.256 e. The Hall–Kier alpha value is -2.44. The number of amides is 1. The van der Waals surface area contributed by atoms with E-state index in [0.717, 1.165) is 27.9 Å². The number of phenolic OH excluding ortho intramolecular Hbond substituents is 1. The maximum atomic E-state index is 12.5. The van der Waals surface area contributed by atoms with Crippen LogP contribution in [0, 0.1) is 0 Å². The van der Waals surface area contributed by atoms with Crippen molar-refractivity contribution in [2.24, 2.45) is 0 Å². The highest BCUT2D eigenvalue weighted by atomic mass is 79.9. The van der Waals surface area contributed by atoms with E-state index in [1.165, 1.54) is 0 Å². The maximum Gasteiger partial charge on any atom is 0.256 e. The van der Waals surface area contributed by atoms with Gasteiger partial charge in [-0.1, -0.05) is 18.2 Å². The van der Waals surface area contributed by atoms with E-state index in [0.29, 0.717) is 14.5 Å². The molecule has 4 rings (SSSR count). The van der Waals surface area contributed by atoms with Crippen LogP contribution in [-0.4, -0.2) is 16.0 Å². The number of aromatic hydroxyl groups is 1. The van der Waals surface area contributed by atoms with Crippen molar-refractivity contribution in [1.29, 1.82) is 0 Å². The van der Waals surface area contributed by atoms with Gasteiger partial charge in [0.1, 0.15) is 5.75 Å². The standard InChI is InChI=1S/C20H12Br2N2O2/c21-18-12(4-6-17(25)19(18)22)9-15-14-8-11(13-2-1-7-23-10-13)3-5-16(14)24-20(15)26/h1-10,25H,(H,24,26)/b15-9-. The van der Waals surface area contributed by atoms with E-state index < -0.39 is 0 Å². The summed E-state index contributed by atoms with van der Waals surface area (Å²) in [4.78, 5) is 16.6. The molecule has 0 saturated carbocycles. The molecule has 1 amide bonds. The van der Waals surface area contributed by atoms with Crippen LogP contribution in [0.1, 0.15) is 11.1 Å². The van der Waals surface area contributed by atoms with E-state index >= 15 is 0 Å². The summed E-state index contributed by atoms with van der Waals surface area (Å²) < 4.78 is 1.24. The summed E-state index contributed by atoms with van der Waals surface area (Å²) >= 11 is 6.79. The van der Waals surface area contributed by atoms with E-state index in [-0.39, 0.29) is 11.7 Å². The van der Waals surface area contributed by atoms with Crippen LogP contribution in [0.5, 0.6) is 5.75 Å². The number of rotatable bonds is 2. The molecule has 3 aromatic rings. The van der Waals surface area contributed by atoms with Gasteiger partial charge in [0.25, 0.3) is 5.91 Å². The zero-order chi connectivity index (χ0) is 18.3. The van der Waals surface area contributed by atoms with Crippen molar-refractivity contribution < 1.29 is 9.90 Å². The lowest BCUT2D eigenvalue weighted by Crippen LogP contribution is -2.03. The van der Waals surface area contributed by atoms with Crippen LogP contribution in [-0.2, 0) is 4.79 Å². The zero-order valence-corrected chi connectivity index (χ0v) is 16.5. The fourth-order valence-electron chi connectivity index (χ4n) is 2.87. The number of halogens is 2. The molecule has 128 valence electrons. The highest BCUT2D eigenvalue weighted by Gasteiger charge is 2.25. The second kappa shape index (κ2) is 6.70. The molecule has 1 aliphatic rings. The first kappa shape index (κ1) is 17.0. The number of hydrogen-bond acceptors (Lipinski definition) is 3. The second-order valence-electron chi connectivity index (χ2n) is 5.82. The first-order valence-corrected chi connectivity index (χ1v) is 9.38. The fraction of sp³-hybridized carbons (Fsp3) is 0.